The number of nitrogens with zero attached hydrogens (tertiary/aromatic N) is 1. The van der Waals surface area contributed by atoms with Crippen LogP contribution in [-0.4, -0.2) is 40.0 Å². The van der Waals surface area contributed by atoms with Crippen LogP contribution in [0.4, 0.5) is 5.69 Å². The van der Waals surface area contributed by atoms with Crippen LogP contribution in [-0.2, 0) is 9.59 Å². The van der Waals surface area contributed by atoms with Gasteiger partial charge in [0.2, 0.25) is 5.92 Å². The first-order valence-corrected chi connectivity index (χ1v) is 5.11. The third-order valence-corrected chi connectivity index (χ3v) is 2.42. The third-order valence-electron chi connectivity index (χ3n) is 2.42. The summed E-state index contributed by atoms with van der Waals surface area (Å²) in [7, 11) is 1.13. The Hall–Kier alpha value is -2.97. The number of hydrogen-bond acceptors (Lipinski definition) is 6. The van der Waals surface area contributed by atoms with Gasteiger partial charge in [-0.3, -0.25) is 24.5 Å². The summed E-state index contributed by atoms with van der Waals surface area (Å²) in [6.07, 6.45) is 0. The number of Topliss-reactive ketones (excluding diaryl/α,β-unsaturated/α-hetero) is 1. The van der Waals surface area contributed by atoms with Gasteiger partial charge in [0.15, 0.2) is 11.5 Å². The van der Waals surface area contributed by atoms with Gasteiger partial charge >= 0.3 is 17.6 Å². The third kappa shape index (κ3) is 2.88. The van der Waals surface area contributed by atoms with Crippen LogP contribution in [0.15, 0.2) is 18.2 Å². The maximum absolute atomic E-state index is 11.8. The molecule has 1 rings (SSSR count). The van der Waals surface area contributed by atoms with Gasteiger partial charge in [0.25, 0.3) is 0 Å². The fraction of sp³-hybridized carbons (Fsp3) is 0.182. The number of nitro benzene ring substituents is 1. The number of nitro groups is 1. The molecule has 0 spiro atoms. The fourth-order valence-electron chi connectivity index (χ4n) is 1.48. The molecule has 9 heteroatoms. The standard InChI is InChI=1S/C11H9NO8/c1-20-7-4-5(2-3-6(7)12(18)19)9(13)8(10(14)15)11(16)17/h2-4,8H,1H3,(H,14,15)(H,16,17). The van der Waals surface area contributed by atoms with Crippen molar-refractivity contribution in [2.45, 2.75) is 0 Å². The Balaban J connectivity index is 3.27. The maximum Gasteiger partial charge on any atom is 0.325 e. The van der Waals surface area contributed by atoms with Crippen LogP contribution >= 0.6 is 0 Å². The summed E-state index contributed by atoms with van der Waals surface area (Å²) in [5.74, 6) is -7.38. The van der Waals surface area contributed by atoms with Gasteiger partial charge in [-0.05, 0) is 12.1 Å². The molecule has 9 nitrogen and oxygen atoms in total. The topological polar surface area (TPSA) is 144 Å². The van der Waals surface area contributed by atoms with E-state index in [0.29, 0.717) is 0 Å². The molecule has 0 saturated heterocycles. The molecule has 0 fully saturated rings. The van der Waals surface area contributed by atoms with E-state index in [1.54, 1.807) is 0 Å². The fourth-order valence-corrected chi connectivity index (χ4v) is 1.48. The average Bonchev–Trinajstić information content (AvgIpc) is 2.36. The second kappa shape index (κ2) is 5.78. The SMILES string of the molecule is COc1cc(C(=O)C(C(=O)O)C(=O)O)ccc1[N+](=O)[O-]. The molecule has 0 unspecified atom stereocenters. The lowest BCUT2D eigenvalue weighted by atomic mass is 9.97. The Morgan fingerprint density at radius 3 is 2.20 bits per heavy atom. The second-order valence-corrected chi connectivity index (χ2v) is 3.62. The van der Waals surface area contributed by atoms with E-state index < -0.39 is 34.3 Å². The Morgan fingerprint density at radius 1 is 1.25 bits per heavy atom. The van der Waals surface area contributed by atoms with Crippen molar-refractivity contribution in [3.63, 3.8) is 0 Å². The lowest BCUT2D eigenvalue weighted by Gasteiger charge is -2.08. The van der Waals surface area contributed by atoms with Crippen molar-refractivity contribution >= 4 is 23.4 Å². The summed E-state index contributed by atoms with van der Waals surface area (Å²) in [5.41, 5.74) is -0.728. The first kappa shape index (κ1) is 15.1. The molecule has 0 bridgehead atoms. The van der Waals surface area contributed by atoms with Gasteiger partial charge in [0, 0.05) is 11.6 Å². The molecule has 2 N–H and O–H groups in total. The number of carbonyl (C=O) groups excluding carboxylic acids is 1. The molecule has 0 aliphatic heterocycles. The van der Waals surface area contributed by atoms with Crippen LogP contribution in [0.2, 0.25) is 0 Å². The number of aliphatic carboxylic acids is 2. The van der Waals surface area contributed by atoms with Crippen LogP contribution in [0, 0.1) is 16.0 Å². The zero-order valence-electron chi connectivity index (χ0n) is 10.1. The van der Waals surface area contributed by atoms with Crippen LogP contribution in [0.5, 0.6) is 5.75 Å². The molecule has 0 aromatic heterocycles. The highest BCUT2D eigenvalue weighted by atomic mass is 16.6. The minimum absolute atomic E-state index is 0.268. The highest BCUT2D eigenvalue weighted by Gasteiger charge is 2.35. The van der Waals surface area contributed by atoms with Crippen molar-refractivity contribution in [1.29, 1.82) is 0 Å². The number of rotatable bonds is 6. The van der Waals surface area contributed by atoms with E-state index in [1.807, 2.05) is 0 Å². The van der Waals surface area contributed by atoms with Gasteiger partial charge < -0.3 is 14.9 Å². The minimum atomic E-state index is -2.28. The molecular formula is C11H9NO8. The monoisotopic (exact) mass is 283 g/mol. The number of hydrogen-bond donors (Lipinski definition) is 2. The van der Waals surface area contributed by atoms with E-state index in [-0.39, 0.29) is 11.3 Å². The van der Waals surface area contributed by atoms with E-state index in [0.717, 1.165) is 25.3 Å². The van der Waals surface area contributed by atoms with Crippen LogP contribution in [0.3, 0.4) is 0 Å². The van der Waals surface area contributed by atoms with Gasteiger partial charge in [-0.2, -0.15) is 0 Å². The molecule has 0 aliphatic carbocycles. The first-order chi connectivity index (χ1) is 9.29. The van der Waals surface area contributed by atoms with E-state index >= 15 is 0 Å². The number of ketones is 1. The summed E-state index contributed by atoms with van der Waals surface area (Å²) < 4.78 is 4.71. The Bertz CT molecular complexity index is 580. The predicted molar refractivity (Wildman–Crippen MR) is 62.7 cm³/mol. The number of ether oxygens (including phenoxy) is 1. The molecule has 1 aromatic carbocycles. The molecule has 20 heavy (non-hydrogen) atoms. The summed E-state index contributed by atoms with van der Waals surface area (Å²) in [6.45, 7) is 0. The quantitative estimate of drug-likeness (QED) is 0.333. The maximum atomic E-state index is 11.8. The summed E-state index contributed by atoms with van der Waals surface area (Å²) in [4.78, 5) is 43.2. The van der Waals surface area contributed by atoms with Gasteiger partial charge in [0.1, 0.15) is 0 Å². The Morgan fingerprint density at radius 2 is 1.80 bits per heavy atom. The Labute approximate surface area is 111 Å². The van der Waals surface area contributed by atoms with Gasteiger partial charge in [-0.15, -0.1) is 0 Å². The normalized spacial score (nSPS) is 10.1. The Kier molecular flexibility index (Phi) is 4.36. The van der Waals surface area contributed by atoms with E-state index in [9.17, 15) is 24.5 Å². The zero-order chi connectivity index (χ0) is 15.4. The highest BCUT2D eigenvalue weighted by molar-refractivity contribution is 6.20. The molecule has 0 atom stereocenters. The lowest BCUT2D eigenvalue weighted by molar-refractivity contribution is -0.385. The van der Waals surface area contributed by atoms with E-state index in [2.05, 4.69) is 0 Å². The number of carboxylic acid groups (broad SMARTS) is 2. The van der Waals surface area contributed by atoms with Crippen LogP contribution < -0.4 is 4.74 Å². The molecule has 106 valence electrons. The lowest BCUT2D eigenvalue weighted by Crippen LogP contribution is -2.31. The predicted octanol–water partition coefficient (Wildman–Crippen LogP) is 0.571. The second-order valence-electron chi connectivity index (χ2n) is 3.62. The first-order valence-electron chi connectivity index (χ1n) is 5.11. The minimum Gasteiger partial charge on any atom is -0.490 e. The average molecular weight is 283 g/mol. The summed E-state index contributed by atoms with van der Waals surface area (Å²) >= 11 is 0. The molecule has 1 aromatic rings. The van der Waals surface area contributed by atoms with Crippen molar-refractivity contribution in [3.05, 3.63) is 33.9 Å². The van der Waals surface area contributed by atoms with Crippen molar-refractivity contribution in [1.82, 2.24) is 0 Å². The smallest absolute Gasteiger partial charge is 0.325 e. The van der Waals surface area contributed by atoms with E-state index in [1.165, 1.54) is 0 Å². The largest absolute Gasteiger partial charge is 0.490 e. The molecule has 0 aliphatic rings. The summed E-state index contributed by atoms with van der Waals surface area (Å²) in [6, 6.07) is 2.84. The van der Waals surface area contributed by atoms with Crippen molar-refractivity contribution < 1.29 is 34.3 Å². The highest BCUT2D eigenvalue weighted by Crippen LogP contribution is 2.28. The van der Waals surface area contributed by atoms with Gasteiger partial charge in [-0.1, -0.05) is 0 Å². The molecule has 0 amide bonds. The van der Waals surface area contributed by atoms with Gasteiger partial charge in [-0.25, -0.2) is 0 Å². The van der Waals surface area contributed by atoms with Crippen molar-refractivity contribution in [3.8, 4) is 5.75 Å². The van der Waals surface area contributed by atoms with Gasteiger partial charge in [0.05, 0.1) is 12.0 Å². The van der Waals surface area contributed by atoms with Crippen molar-refractivity contribution in [2.24, 2.45) is 5.92 Å². The summed E-state index contributed by atoms with van der Waals surface area (Å²) in [5, 5.41) is 28.1. The number of methoxy groups -OCH3 is 1. The molecule has 0 radical (unpaired) electrons. The van der Waals surface area contributed by atoms with Crippen molar-refractivity contribution in [2.75, 3.05) is 7.11 Å². The number of benzene rings is 1. The molecular weight excluding hydrogens is 274 g/mol. The number of carbonyl (C=O) groups is 3. The van der Waals surface area contributed by atoms with Crippen LogP contribution in [0.25, 0.3) is 0 Å². The molecule has 0 saturated carbocycles. The number of carboxylic acids is 2. The van der Waals surface area contributed by atoms with Crippen LogP contribution in [0.1, 0.15) is 10.4 Å². The molecule has 0 heterocycles. The zero-order valence-corrected chi connectivity index (χ0v) is 10.1. The van der Waals surface area contributed by atoms with E-state index in [4.69, 9.17) is 14.9 Å².